The Balaban J connectivity index is 1.62. The van der Waals surface area contributed by atoms with Crippen LogP contribution in [0.2, 0.25) is 5.02 Å². The second-order valence-electron chi connectivity index (χ2n) is 6.79. The van der Waals surface area contributed by atoms with Gasteiger partial charge in [0.05, 0.1) is 10.6 Å². The third-order valence-electron chi connectivity index (χ3n) is 4.92. The summed E-state index contributed by atoms with van der Waals surface area (Å²) >= 11 is 6.15. The van der Waals surface area contributed by atoms with Crippen LogP contribution in [0.15, 0.2) is 36.8 Å². The summed E-state index contributed by atoms with van der Waals surface area (Å²) in [7, 11) is 0. The number of anilines is 2. The molecule has 8 heteroatoms. The Kier molecular flexibility index (Phi) is 4.94. The molecule has 1 aliphatic rings. The van der Waals surface area contributed by atoms with Gasteiger partial charge in [0.1, 0.15) is 17.9 Å². The Hall–Kier alpha value is -2.66. The van der Waals surface area contributed by atoms with E-state index in [4.69, 9.17) is 22.6 Å². The van der Waals surface area contributed by atoms with Crippen molar-refractivity contribution in [1.82, 2.24) is 19.5 Å². The number of likely N-dealkylation sites (tertiary alicyclic amines) is 1. The van der Waals surface area contributed by atoms with Crippen LogP contribution in [0.5, 0.6) is 0 Å². The number of aromatic nitrogens is 3. The fraction of sp³-hybridized carbons (Fsp3) is 0.316. The molecule has 0 spiro atoms. The van der Waals surface area contributed by atoms with E-state index in [1.165, 1.54) is 6.33 Å². The summed E-state index contributed by atoms with van der Waals surface area (Å²) in [5.74, 6) is 0.708. The van der Waals surface area contributed by atoms with Crippen LogP contribution in [0.3, 0.4) is 0 Å². The fourth-order valence-corrected chi connectivity index (χ4v) is 3.63. The van der Waals surface area contributed by atoms with Gasteiger partial charge in [0.25, 0.3) is 0 Å². The van der Waals surface area contributed by atoms with Gasteiger partial charge >= 0.3 is 0 Å². The van der Waals surface area contributed by atoms with Gasteiger partial charge in [-0.05, 0) is 55.8 Å². The molecule has 138 valence electrons. The first-order valence-corrected chi connectivity index (χ1v) is 9.27. The van der Waals surface area contributed by atoms with Crippen molar-refractivity contribution in [2.45, 2.75) is 25.4 Å². The van der Waals surface area contributed by atoms with E-state index in [0.717, 1.165) is 49.2 Å². The first-order valence-electron chi connectivity index (χ1n) is 8.90. The van der Waals surface area contributed by atoms with Crippen molar-refractivity contribution in [2.75, 3.05) is 18.4 Å². The van der Waals surface area contributed by atoms with Crippen LogP contribution in [-0.4, -0.2) is 38.6 Å². The number of hydrogen-bond donors (Lipinski definition) is 2. The van der Waals surface area contributed by atoms with Gasteiger partial charge in [0.2, 0.25) is 0 Å². The number of nitrogens with one attached hydrogen (secondary N) is 1. The van der Waals surface area contributed by atoms with Crippen molar-refractivity contribution in [3.05, 3.63) is 52.9 Å². The predicted molar refractivity (Wildman–Crippen MR) is 105 cm³/mol. The van der Waals surface area contributed by atoms with E-state index in [1.54, 1.807) is 12.1 Å². The zero-order valence-corrected chi connectivity index (χ0v) is 15.5. The molecule has 2 aromatic heterocycles. The minimum atomic E-state index is 0.314. The Morgan fingerprint density at radius 1 is 1.30 bits per heavy atom. The number of hydrogen-bond acceptors (Lipinski definition) is 6. The van der Waals surface area contributed by atoms with E-state index in [9.17, 15) is 0 Å². The van der Waals surface area contributed by atoms with Crippen LogP contribution in [-0.2, 0) is 6.54 Å². The van der Waals surface area contributed by atoms with E-state index in [1.807, 2.05) is 16.8 Å². The molecule has 1 fully saturated rings. The Morgan fingerprint density at radius 2 is 2.11 bits per heavy atom. The number of nitriles is 1. The molecule has 0 amide bonds. The Morgan fingerprint density at radius 3 is 2.85 bits per heavy atom. The molecule has 1 aromatic carbocycles. The highest BCUT2D eigenvalue weighted by Crippen LogP contribution is 2.27. The summed E-state index contributed by atoms with van der Waals surface area (Å²) in [6, 6.07) is 9.70. The van der Waals surface area contributed by atoms with Crippen molar-refractivity contribution < 1.29 is 0 Å². The van der Waals surface area contributed by atoms with E-state index in [-0.39, 0.29) is 0 Å². The largest absolute Gasteiger partial charge is 0.338 e. The minimum absolute atomic E-state index is 0.314. The number of nitrogens with zero attached hydrogens (tertiary/aromatic N) is 5. The van der Waals surface area contributed by atoms with E-state index in [0.29, 0.717) is 22.4 Å². The summed E-state index contributed by atoms with van der Waals surface area (Å²) in [4.78, 5) is 6.83. The topological polar surface area (TPSA) is 95.3 Å². The third-order valence-corrected chi connectivity index (χ3v) is 5.23. The van der Waals surface area contributed by atoms with Crippen molar-refractivity contribution in [2.24, 2.45) is 5.73 Å². The van der Waals surface area contributed by atoms with Gasteiger partial charge in [0, 0.05) is 24.5 Å². The molecule has 0 saturated carbocycles. The van der Waals surface area contributed by atoms with Crippen molar-refractivity contribution in [3.63, 3.8) is 0 Å². The normalized spacial score (nSPS) is 15.7. The lowest BCUT2D eigenvalue weighted by Crippen LogP contribution is -2.39. The first-order chi connectivity index (χ1) is 13.1. The maximum Gasteiger partial charge on any atom is 0.158 e. The second kappa shape index (κ2) is 7.53. The molecule has 0 atom stereocenters. The smallest absolute Gasteiger partial charge is 0.158 e. The summed E-state index contributed by atoms with van der Waals surface area (Å²) in [6.07, 6.45) is 5.51. The Labute approximate surface area is 162 Å². The quantitative estimate of drug-likeness (QED) is 0.721. The second-order valence-corrected chi connectivity index (χ2v) is 7.20. The number of halogens is 1. The van der Waals surface area contributed by atoms with Crippen LogP contribution in [0, 0.1) is 11.3 Å². The minimum Gasteiger partial charge on any atom is -0.338 e. The molecule has 4 rings (SSSR count). The van der Waals surface area contributed by atoms with Crippen LogP contribution in [0.25, 0.3) is 5.52 Å². The molecule has 1 aliphatic heterocycles. The van der Waals surface area contributed by atoms with Gasteiger partial charge in [-0.2, -0.15) is 10.4 Å². The van der Waals surface area contributed by atoms with Crippen LogP contribution >= 0.6 is 11.6 Å². The zero-order valence-electron chi connectivity index (χ0n) is 14.8. The molecule has 3 N–H and O–H groups in total. The molecule has 0 aliphatic carbocycles. The molecule has 0 bridgehead atoms. The average Bonchev–Trinajstić information content (AvgIpc) is 3.08. The maximum absolute atomic E-state index is 9.03. The lowest BCUT2D eigenvalue weighted by molar-refractivity contribution is 0.206. The van der Waals surface area contributed by atoms with Crippen molar-refractivity contribution in [3.8, 4) is 6.07 Å². The molecule has 7 nitrogen and oxygen atoms in total. The highest BCUT2D eigenvalue weighted by atomic mass is 35.5. The van der Waals surface area contributed by atoms with Crippen LogP contribution in [0.1, 0.15) is 24.0 Å². The van der Waals surface area contributed by atoms with Gasteiger partial charge in [0.15, 0.2) is 5.82 Å². The molecule has 0 radical (unpaired) electrons. The van der Waals surface area contributed by atoms with Gasteiger partial charge in [-0.1, -0.05) is 11.6 Å². The zero-order chi connectivity index (χ0) is 18.8. The molecule has 27 heavy (non-hydrogen) atoms. The number of rotatable bonds is 4. The monoisotopic (exact) mass is 381 g/mol. The van der Waals surface area contributed by atoms with Crippen LogP contribution < -0.4 is 11.1 Å². The van der Waals surface area contributed by atoms with E-state index in [2.05, 4.69) is 32.4 Å². The molecular weight excluding hydrogens is 362 g/mol. The van der Waals surface area contributed by atoms with Gasteiger partial charge in [-0.3, -0.25) is 4.90 Å². The predicted octanol–water partition coefficient (Wildman–Crippen LogP) is 2.92. The SMILES string of the molecule is N#Cc1ccc(Nc2ncnn3ccc(CN4CCC(N)CC4)c23)cc1Cl. The van der Waals surface area contributed by atoms with Gasteiger partial charge in [-0.25, -0.2) is 9.50 Å². The fourth-order valence-electron chi connectivity index (χ4n) is 3.41. The lowest BCUT2D eigenvalue weighted by atomic mass is 10.1. The summed E-state index contributed by atoms with van der Waals surface area (Å²) in [6.45, 7) is 2.83. The third kappa shape index (κ3) is 3.74. The number of benzene rings is 1. The van der Waals surface area contributed by atoms with Crippen molar-refractivity contribution in [1.29, 1.82) is 5.26 Å². The Bertz CT molecular complexity index is 999. The molecule has 1 saturated heterocycles. The molecular formula is C19H20ClN7. The summed E-state index contributed by atoms with van der Waals surface area (Å²) in [5.41, 5.74) is 9.33. The van der Waals surface area contributed by atoms with E-state index >= 15 is 0 Å². The summed E-state index contributed by atoms with van der Waals surface area (Å²) in [5, 5.41) is 17.1. The molecule has 3 aromatic rings. The van der Waals surface area contributed by atoms with E-state index < -0.39 is 0 Å². The molecule has 0 unspecified atom stereocenters. The number of nitrogens with two attached hydrogens (primary N) is 1. The average molecular weight is 382 g/mol. The number of fused-ring (bicyclic) bond motifs is 1. The van der Waals surface area contributed by atoms with Crippen molar-refractivity contribution >= 4 is 28.6 Å². The number of piperidine rings is 1. The highest BCUT2D eigenvalue weighted by Gasteiger charge is 2.19. The molecule has 3 heterocycles. The maximum atomic E-state index is 9.03. The van der Waals surface area contributed by atoms with Gasteiger partial charge < -0.3 is 11.1 Å². The standard InChI is InChI=1S/C19H20ClN7/c20-17-9-16(2-1-13(17)10-21)25-19-18-14(3-8-27(18)24-12-23-19)11-26-6-4-15(22)5-7-26/h1-3,8-9,12,15H,4-7,11,22H2,(H,23,24,25). The summed E-state index contributed by atoms with van der Waals surface area (Å²) < 4.78 is 1.83. The lowest BCUT2D eigenvalue weighted by Gasteiger charge is -2.29. The van der Waals surface area contributed by atoms with Gasteiger partial charge in [-0.15, -0.1) is 0 Å². The first kappa shape index (κ1) is 17.7. The van der Waals surface area contributed by atoms with Crippen LogP contribution in [0.4, 0.5) is 11.5 Å². The highest BCUT2D eigenvalue weighted by molar-refractivity contribution is 6.32.